The lowest BCUT2D eigenvalue weighted by Gasteiger charge is -2.33. The number of aromatic nitrogens is 2. The van der Waals surface area contributed by atoms with E-state index in [-0.39, 0.29) is 5.91 Å². The second-order valence-electron chi connectivity index (χ2n) is 4.96. The number of hydrogen-bond acceptors (Lipinski definition) is 4. The van der Waals surface area contributed by atoms with Gasteiger partial charge in [-0.25, -0.2) is 9.98 Å². The van der Waals surface area contributed by atoms with Crippen LogP contribution in [0.5, 0.6) is 0 Å². The molecule has 0 spiro atoms. The maximum atomic E-state index is 12.2. The summed E-state index contributed by atoms with van der Waals surface area (Å²) in [5.74, 6) is 1.40. The molecular formula is C11H12BrN5O. The number of amides is 1. The highest BCUT2D eigenvalue weighted by Gasteiger charge is 2.48. The second kappa shape index (κ2) is 3.34. The van der Waals surface area contributed by atoms with Crippen molar-refractivity contribution >= 4 is 33.6 Å². The lowest BCUT2D eigenvalue weighted by atomic mass is 10.1. The fourth-order valence-electron chi connectivity index (χ4n) is 3.15. The van der Waals surface area contributed by atoms with Crippen molar-refractivity contribution in [1.82, 2.24) is 14.9 Å². The number of aliphatic imine (C=N–C) groups is 1. The third kappa shape index (κ3) is 1.15. The van der Waals surface area contributed by atoms with Gasteiger partial charge in [-0.1, -0.05) is 0 Å². The Morgan fingerprint density at radius 3 is 3.11 bits per heavy atom. The fourth-order valence-corrected chi connectivity index (χ4v) is 3.52. The van der Waals surface area contributed by atoms with Crippen molar-refractivity contribution in [2.75, 3.05) is 11.9 Å². The van der Waals surface area contributed by atoms with Gasteiger partial charge in [-0.15, -0.1) is 0 Å². The molecule has 6 nitrogen and oxygen atoms in total. The Bertz CT molecular complexity index is 580. The van der Waals surface area contributed by atoms with Crippen molar-refractivity contribution in [3.63, 3.8) is 0 Å². The summed E-state index contributed by atoms with van der Waals surface area (Å²) in [7, 11) is 1.77. The van der Waals surface area contributed by atoms with Gasteiger partial charge in [0, 0.05) is 7.05 Å². The average molecular weight is 310 g/mol. The van der Waals surface area contributed by atoms with E-state index in [0.29, 0.717) is 22.5 Å². The zero-order valence-electron chi connectivity index (χ0n) is 9.85. The number of anilines is 1. The van der Waals surface area contributed by atoms with Crippen LogP contribution >= 0.6 is 15.9 Å². The predicted octanol–water partition coefficient (Wildman–Crippen LogP) is 1.35. The van der Waals surface area contributed by atoms with E-state index in [1.807, 2.05) is 0 Å². The van der Waals surface area contributed by atoms with Gasteiger partial charge in [0.2, 0.25) is 5.96 Å². The van der Waals surface area contributed by atoms with E-state index in [1.54, 1.807) is 11.9 Å². The van der Waals surface area contributed by atoms with Crippen LogP contribution in [-0.4, -0.2) is 45.9 Å². The first kappa shape index (κ1) is 10.5. The Balaban J connectivity index is 1.92. The summed E-state index contributed by atoms with van der Waals surface area (Å²) in [6.07, 6.45) is 3.42. The molecule has 1 aromatic heterocycles. The third-order valence-corrected chi connectivity index (χ3v) is 4.35. The molecule has 1 amide bonds. The Hall–Kier alpha value is -1.37. The quantitative estimate of drug-likeness (QED) is 0.787. The molecule has 1 fully saturated rings. The van der Waals surface area contributed by atoms with Gasteiger partial charge in [0.05, 0.1) is 12.1 Å². The minimum atomic E-state index is -0.0711. The first-order valence-electron chi connectivity index (χ1n) is 6.07. The summed E-state index contributed by atoms with van der Waals surface area (Å²) >= 11 is 3.31. The number of hydrogen-bond donors (Lipinski definition) is 1. The van der Waals surface area contributed by atoms with E-state index in [0.717, 1.165) is 24.6 Å². The summed E-state index contributed by atoms with van der Waals surface area (Å²) in [4.78, 5) is 28.0. The van der Waals surface area contributed by atoms with E-state index in [2.05, 4.69) is 30.8 Å². The maximum Gasteiger partial charge on any atom is 0.280 e. The van der Waals surface area contributed by atoms with Gasteiger partial charge in [0.25, 0.3) is 5.91 Å². The molecule has 4 rings (SSSR count). The van der Waals surface area contributed by atoms with Crippen molar-refractivity contribution < 1.29 is 4.79 Å². The molecule has 2 aliphatic heterocycles. The van der Waals surface area contributed by atoms with Crippen molar-refractivity contribution in [3.8, 4) is 0 Å². The van der Waals surface area contributed by atoms with Crippen LogP contribution in [0.1, 0.15) is 29.8 Å². The number of nitrogens with one attached hydrogen (secondary N) is 1. The largest absolute Gasteiger partial charge is 0.327 e. The summed E-state index contributed by atoms with van der Waals surface area (Å²) in [5.41, 5.74) is 0.552. The molecule has 1 aliphatic carbocycles. The van der Waals surface area contributed by atoms with Crippen LogP contribution in [0.4, 0.5) is 5.82 Å². The number of carbonyl (C=O) groups excluding carboxylic acids is 1. The fraction of sp³-hybridized carbons (Fsp3) is 0.545. The van der Waals surface area contributed by atoms with Crippen LogP contribution in [0.25, 0.3) is 0 Å². The molecule has 2 atom stereocenters. The van der Waals surface area contributed by atoms with Crippen LogP contribution in [-0.2, 0) is 0 Å². The number of rotatable bonds is 0. The number of halogens is 1. The molecule has 1 saturated carbocycles. The molecule has 94 valence electrons. The average Bonchev–Trinajstić information content (AvgIpc) is 2.98. The van der Waals surface area contributed by atoms with Gasteiger partial charge < -0.3 is 4.98 Å². The lowest BCUT2D eigenvalue weighted by molar-refractivity contribution is 0.0860. The maximum absolute atomic E-state index is 12.2. The number of fused-ring (bicyclic) bond motifs is 5. The normalized spacial score (nSPS) is 29.2. The summed E-state index contributed by atoms with van der Waals surface area (Å²) in [5, 5.41) is 0. The number of H-pyrrole nitrogens is 1. The highest BCUT2D eigenvalue weighted by atomic mass is 79.9. The van der Waals surface area contributed by atoms with Crippen LogP contribution in [0.2, 0.25) is 0 Å². The number of nitrogens with zero attached hydrogens (tertiary/aromatic N) is 4. The van der Waals surface area contributed by atoms with E-state index >= 15 is 0 Å². The monoisotopic (exact) mass is 309 g/mol. The molecule has 7 heteroatoms. The first-order chi connectivity index (χ1) is 8.66. The minimum Gasteiger partial charge on any atom is -0.327 e. The van der Waals surface area contributed by atoms with Crippen molar-refractivity contribution in [2.24, 2.45) is 4.99 Å². The SMILES string of the molecule is CN1C(=O)c2[nH]c(Br)nc2N2C1=N[C@@H]1CCC[C@@H]12. The lowest BCUT2D eigenvalue weighted by Crippen LogP contribution is -2.51. The number of aromatic amines is 1. The number of imidazole rings is 1. The van der Waals surface area contributed by atoms with Gasteiger partial charge >= 0.3 is 0 Å². The molecule has 0 bridgehead atoms. The molecule has 3 heterocycles. The van der Waals surface area contributed by atoms with E-state index in [9.17, 15) is 4.79 Å². The molecule has 18 heavy (non-hydrogen) atoms. The van der Waals surface area contributed by atoms with Gasteiger partial charge in [0.15, 0.2) is 16.2 Å². The second-order valence-corrected chi connectivity index (χ2v) is 5.71. The highest BCUT2D eigenvalue weighted by Crippen LogP contribution is 2.39. The van der Waals surface area contributed by atoms with Gasteiger partial charge in [-0.3, -0.25) is 14.6 Å². The molecule has 0 aromatic carbocycles. The van der Waals surface area contributed by atoms with Gasteiger partial charge in [-0.2, -0.15) is 0 Å². The molecule has 0 unspecified atom stereocenters. The molecule has 0 radical (unpaired) electrons. The summed E-state index contributed by atoms with van der Waals surface area (Å²) < 4.78 is 0.594. The standard InChI is InChI=1S/C11H12BrN5O/c1-16-9(18)7-8(15-10(12)14-7)17-6-4-2-3-5(6)13-11(16)17/h5-6H,2-4H2,1H3,(H,14,15)/t5-,6+/m1/s1. The van der Waals surface area contributed by atoms with Gasteiger partial charge in [0.1, 0.15) is 0 Å². The molecule has 3 aliphatic rings. The highest BCUT2D eigenvalue weighted by molar-refractivity contribution is 9.10. The topological polar surface area (TPSA) is 64.6 Å². The first-order valence-corrected chi connectivity index (χ1v) is 6.86. The van der Waals surface area contributed by atoms with Crippen molar-refractivity contribution in [1.29, 1.82) is 0 Å². The Labute approximate surface area is 112 Å². The van der Waals surface area contributed by atoms with Crippen LogP contribution in [0.15, 0.2) is 9.73 Å². The Morgan fingerprint density at radius 1 is 1.44 bits per heavy atom. The Morgan fingerprint density at radius 2 is 2.28 bits per heavy atom. The minimum absolute atomic E-state index is 0.0711. The summed E-state index contributed by atoms with van der Waals surface area (Å²) in [6.45, 7) is 0. The van der Waals surface area contributed by atoms with E-state index in [1.165, 1.54) is 6.42 Å². The van der Waals surface area contributed by atoms with Crippen LogP contribution in [0.3, 0.4) is 0 Å². The molecule has 0 saturated heterocycles. The molecular weight excluding hydrogens is 298 g/mol. The van der Waals surface area contributed by atoms with E-state index < -0.39 is 0 Å². The third-order valence-electron chi connectivity index (χ3n) is 3.97. The zero-order valence-corrected chi connectivity index (χ0v) is 11.4. The van der Waals surface area contributed by atoms with Crippen molar-refractivity contribution in [2.45, 2.75) is 31.3 Å². The van der Waals surface area contributed by atoms with E-state index in [4.69, 9.17) is 4.99 Å². The van der Waals surface area contributed by atoms with Gasteiger partial charge in [-0.05, 0) is 35.2 Å². The molecule has 1 aromatic rings. The smallest absolute Gasteiger partial charge is 0.280 e. The van der Waals surface area contributed by atoms with Crippen molar-refractivity contribution in [3.05, 3.63) is 10.4 Å². The molecule has 1 N–H and O–H groups in total. The number of carbonyl (C=O) groups is 1. The van der Waals surface area contributed by atoms with Crippen LogP contribution < -0.4 is 4.90 Å². The summed E-state index contributed by atoms with van der Waals surface area (Å²) in [6, 6.07) is 0.682. The predicted molar refractivity (Wildman–Crippen MR) is 69.7 cm³/mol. The number of guanidine groups is 1. The zero-order chi connectivity index (χ0) is 12.4. The van der Waals surface area contributed by atoms with Crippen LogP contribution in [0, 0.1) is 0 Å². The Kier molecular flexibility index (Phi) is 1.96.